The van der Waals surface area contributed by atoms with E-state index >= 15 is 0 Å². The molecule has 0 aliphatic heterocycles. The van der Waals surface area contributed by atoms with Crippen LogP contribution in [0.25, 0.3) is 0 Å². The van der Waals surface area contributed by atoms with Crippen LogP contribution in [0, 0.1) is 11.3 Å². The zero-order valence-electron chi connectivity index (χ0n) is 13.1. The maximum Gasteiger partial charge on any atom is 0.0529 e. The molecule has 1 rings (SSSR count). The van der Waals surface area contributed by atoms with Gasteiger partial charge in [-0.25, -0.2) is 0 Å². The van der Waals surface area contributed by atoms with Crippen LogP contribution >= 0.6 is 0 Å². The van der Waals surface area contributed by atoms with Crippen LogP contribution in [-0.4, -0.2) is 25.3 Å². The van der Waals surface area contributed by atoms with Crippen molar-refractivity contribution in [1.82, 2.24) is 5.32 Å². The zero-order chi connectivity index (χ0) is 13.6. The van der Waals surface area contributed by atoms with Gasteiger partial charge in [-0.05, 0) is 39.5 Å². The molecule has 0 radical (unpaired) electrons. The van der Waals surface area contributed by atoms with E-state index in [4.69, 9.17) is 4.74 Å². The molecule has 0 saturated heterocycles. The third kappa shape index (κ3) is 7.38. The summed E-state index contributed by atoms with van der Waals surface area (Å²) in [5.74, 6) is 0.824. The summed E-state index contributed by atoms with van der Waals surface area (Å²) in [6.45, 7) is 14.1. The Balaban J connectivity index is 2.15. The Kier molecular flexibility index (Phi) is 6.13. The Labute approximate surface area is 114 Å². The van der Waals surface area contributed by atoms with Gasteiger partial charge in [-0.1, -0.05) is 33.1 Å². The molecule has 0 amide bonds. The summed E-state index contributed by atoms with van der Waals surface area (Å²) in [6.07, 6.45) is 6.99. The van der Waals surface area contributed by atoms with E-state index in [2.05, 4.69) is 39.9 Å². The van der Waals surface area contributed by atoms with Crippen molar-refractivity contribution in [2.24, 2.45) is 11.3 Å². The number of hydrogen-bond acceptors (Lipinski definition) is 2. The molecule has 1 aliphatic carbocycles. The molecule has 1 N–H and O–H groups in total. The molecule has 0 atom stereocenters. The fraction of sp³-hybridized carbons (Fsp3) is 1.00. The molecule has 0 spiro atoms. The van der Waals surface area contributed by atoms with Gasteiger partial charge in [-0.3, -0.25) is 0 Å². The smallest absolute Gasteiger partial charge is 0.0529 e. The minimum absolute atomic E-state index is 0.195. The average molecular weight is 255 g/mol. The predicted octanol–water partition coefficient (Wildman–Crippen LogP) is 4.00. The van der Waals surface area contributed by atoms with E-state index in [1.54, 1.807) is 0 Å². The summed E-state index contributed by atoms with van der Waals surface area (Å²) in [5.41, 5.74) is 0.419. The normalized spacial score (nSPS) is 19.2. The summed E-state index contributed by atoms with van der Waals surface area (Å²) >= 11 is 0. The second-order valence-electron chi connectivity index (χ2n) is 7.79. The molecule has 108 valence electrons. The number of rotatable bonds is 6. The molecule has 2 nitrogen and oxygen atoms in total. The highest BCUT2D eigenvalue weighted by molar-refractivity contribution is 4.78. The van der Waals surface area contributed by atoms with Crippen molar-refractivity contribution in [3.8, 4) is 0 Å². The van der Waals surface area contributed by atoms with Crippen molar-refractivity contribution in [3.63, 3.8) is 0 Å². The zero-order valence-corrected chi connectivity index (χ0v) is 13.1. The van der Waals surface area contributed by atoms with Crippen LogP contribution in [0.2, 0.25) is 0 Å². The lowest BCUT2D eigenvalue weighted by atomic mass is 9.89. The van der Waals surface area contributed by atoms with E-state index in [-0.39, 0.29) is 11.0 Å². The fourth-order valence-corrected chi connectivity index (χ4v) is 2.41. The third-order valence-electron chi connectivity index (χ3n) is 3.67. The molecule has 0 aromatic carbocycles. The Morgan fingerprint density at radius 2 is 1.61 bits per heavy atom. The van der Waals surface area contributed by atoms with Crippen molar-refractivity contribution >= 4 is 0 Å². The van der Waals surface area contributed by atoms with Gasteiger partial charge in [0.05, 0.1) is 6.61 Å². The van der Waals surface area contributed by atoms with E-state index in [1.165, 1.54) is 32.1 Å². The van der Waals surface area contributed by atoms with E-state index in [9.17, 15) is 0 Å². The molecule has 0 bridgehead atoms. The Hall–Kier alpha value is -0.0800. The minimum atomic E-state index is 0.195. The SMILES string of the molecule is CC(C)(CNC(C)(C)C)COCC1CCCCC1. The van der Waals surface area contributed by atoms with Gasteiger partial charge in [-0.2, -0.15) is 0 Å². The largest absolute Gasteiger partial charge is 0.381 e. The van der Waals surface area contributed by atoms with Gasteiger partial charge in [-0.15, -0.1) is 0 Å². The lowest BCUT2D eigenvalue weighted by Crippen LogP contribution is -2.43. The highest BCUT2D eigenvalue weighted by Gasteiger charge is 2.22. The summed E-state index contributed by atoms with van der Waals surface area (Å²) in [7, 11) is 0. The topological polar surface area (TPSA) is 21.3 Å². The van der Waals surface area contributed by atoms with Gasteiger partial charge in [0, 0.05) is 24.1 Å². The summed E-state index contributed by atoms with van der Waals surface area (Å²) in [4.78, 5) is 0. The van der Waals surface area contributed by atoms with E-state index in [0.29, 0.717) is 0 Å². The second-order valence-corrected chi connectivity index (χ2v) is 7.79. The second kappa shape index (κ2) is 6.91. The Morgan fingerprint density at radius 3 is 2.17 bits per heavy atom. The standard InChI is InChI=1S/C16H33NO/c1-15(2,3)17-12-16(4,5)13-18-11-14-9-7-6-8-10-14/h14,17H,6-13H2,1-5H3. The van der Waals surface area contributed by atoms with Gasteiger partial charge in [0.15, 0.2) is 0 Å². The van der Waals surface area contributed by atoms with Crippen LogP contribution in [0.3, 0.4) is 0 Å². The van der Waals surface area contributed by atoms with Crippen LogP contribution in [0.15, 0.2) is 0 Å². The molecular formula is C16H33NO. The molecule has 0 aromatic heterocycles. The summed E-state index contributed by atoms with van der Waals surface area (Å²) < 4.78 is 5.96. The van der Waals surface area contributed by atoms with Gasteiger partial charge in [0.1, 0.15) is 0 Å². The molecule has 18 heavy (non-hydrogen) atoms. The lowest BCUT2D eigenvalue weighted by Gasteiger charge is -2.31. The highest BCUT2D eigenvalue weighted by atomic mass is 16.5. The van der Waals surface area contributed by atoms with Crippen molar-refractivity contribution < 1.29 is 4.74 Å². The average Bonchev–Trinajstić information content (AvgIpc) is 2.27. The van der Waals surface area contributed by atoms with Gasteiger partial charge in [0.25, 0.3) is 0 Å². The van der Waals surface area contributed by atoms with Gasteiger partial charge < -0.3 is 10.1 Å². The molecule has 1 fully saturated rings. The quantitative estimate of drug-likeness (QED) is 0.774. The molecule has 2 heteroatoms. The molecule has 1 aliphatic rings. The molecular weight excluding hydrogens is 222 g/mol. The Morgan fingerprint density at radius 1 is 1.00 bits per heavy atom. The highest BCUT2D eigenvalue weighted by Crippen LogP contribution is 2.24. The van der Waals surface area contributed by atoms with Crippen LogP contribution < -0.4 is 5.32 Å². The first-order chi connectivity index (χ1) is 8.29. The first-order valence-electron chi connectivity index (χ1n) is 7.61. The molecule has 0 aromatic rings. The lowest BCUT2D eigenvalue weighted by molar-refractivity contribution is 0.0301. The first kappa shape index (κ1) is 16.0. The summed E-state index contributed by atoms with van der Waals surface area (Å²) in [5, 5.41) is 3.57. The number of nitrogens with one attached hydrogen (secondary N) is 1. The molecule has 1 saturated carbocycles. The van der Waals surface area contributed by atoms with Crippen molar-refractivity contribution in [1.29, 1.82) is 0 Å². The van der Waals surface area contributed by atoms with Crippen LogP contribution in [0.4, 0.5) is 0 Å². The van der Waals surface area contributed by atoms with E-state index in [1.807, 2.05) is 0 Å². The van der Waals surface area contributed by atoms with Gasteiger partial charge in [0.2, 0.25) is 0 Å². The van der Waals surface area contributed by atoms with Crippen molar-refractivity contribution in [2.75, 3.05) is 19.8 Å². The van der Waals surface area contributed by atoms with Crippen molar-refractivity contribution in [2.45, 2.75) is 72.3 Å². The predicted molar refractivity (Wildman–Crippen MR) is 78.9 cm³/mol. The van der Waals surface area contributed by atoms with Crippen molar-refractivity contribution in [3.05, 3.63) is 0 Å². The minimum Gasteiger partial charge on any atom is -0.381 e. The molecule has 0 heterocycles. The number of ether oxygens (including phenoxy) is 1. The maximum absolute atomic E-state index is 5.96. The third-order valence-corrected chi connectivity index (χ3v) is 3.67. The first-order valence-corrected chi connectivity index (χ1v) is 7.61. The monoisotopic (exact) mass is 255 g/mol. The maximum atomic E-state index is 5.96. The van der Waals surface area contributed by atoms with Crippen LogP contribution in [0.5, 0.6) is 0 Å². The van der Waals surface area contributed by atoms with Gasteiger partial charge >= 0.3 is 0 Å². The van der Waals surface area contributed by atoms with Crippen LogP contribution in [-0.2, 0) is 4.74 Å². The number of hydrogen-bond donors (Lipinski definition) is 1. The van der Waals surface area contributed by atoms with E-state index in [0.717, 1.165) is 25.7 Å². The van der Waals surface area contributed by atoms with E-state index < -0.39 is 0 Å². The Bertz CT molecular complexity index is 224. The summed E-state index contributed by atoms with van der Waals surface area (Å²) in [6, 6.07) is 0. The van der Waals surface area contributed by atoms with Crippen LogP contribution in [0.1, 0.15) is 66.7 Å². The fourth-order valence-electron chi connectivity index (χ4n) is 2.41. The molecule has 0 unspecified atom stereocenters.